The maximum absolute atomic E-state index is 5.03. The molecule has 0 aromatic carbocycles. The zero-order valence-electron chi connectivity index (χ0n) is 4.45. The maximum atomic E-state index is 5.03. The fraction of sp³-hybridized carbons (Fsp3) is 0.250. The molecule has 0 saturated heterocycles. The fourth-order valence-electron chi connectivity index (χ4n) is 0.387. The molecule has 0 aliphatic carbocycles. The molecule has 1 heterocycles. The number of hydrogen-bond donors (Lipinski definition) is 0. The summed E-state index contributed by atoms with van der Waals surface area (Å²) in [5.74, 6) is 3.15. The Morgan fingerprint density at radius 3 is 3.00 bits per heavy atom. The number of aromatic nitrogens is 4. The zero-order chi connectivity index (χ0) is 6.69. The number of hydrogen-bond acceptors (Lipinski definition) is 3. The Labute approximate surface area is 66.1 Å². The lowest BCUT2D eigenvalue weighted by Crippen LogP contribution is -1.90. The lowest BCUT2D eigenvalue weighted by atomic mass is 10.4. The largest absolute Gasteiger partial charge is 0.174 e. The molecule has 0 spiro atoms. The number of terminal acetylenes is 1. The van der Waals surface area contributed by atoms with E-state index in [2.05, 4.69) is 21.4 Å². The van der Waals surface area contributed by atoms with Crippen LogP contribution in [0.3, 0.4) is 0 Å². The van der Waals surface area contributed by atoms with Crippen molar-refractivity contribution < 1.29 is 0 Å². The monoisotopic (exact) mass is 234 g/mol. The first-order chi connectivity index (χ1) is 4.34. The van der Waals surface area contributed by atoms with Crippen LogP contribution in [0, 0.1) is 12.3 Å². The third-order valence-corrected chi connectivity index (χ3v) is 1.50. The van der Waals surface area contributed by atoms with Gasteiger partial charge < -0.3 is 0 Å². The summed E-state index contributed by atoms with van der Waals surface area (Å²) in [7, 11) is 0. The van der Waals surface area contributed by atoms with Crippen LogP contribution in [0.5, 0.6) is 0 Å². The second-order valence-corrected chi connectivity index (χ2v) is 2.25. The summed E-state index contributed by atoms with van der Waals surface area (Å²) in [6.07, 6.45) is 5.51. The smallest absolute Gasteiger partial charge is 0.167 e. The number of nitrogens with zero attached hydrogens (tertiary/aromatic N) is 4. The van der Waals surface area contributed by atoms with E-state index in [1.54, 1.807) is 0 Å². The van der Waals surface area contributed by atoms with E-state index in [4.69, 9.17) is 6.42 Å². The van der Waals surface area contributed by atoms with Crippen molar-refractivity contribution in [3.8, 4) is 12.3 Å². The molecule has 0 aliphatic rings. The SMILES string of the molecule is C#CCc1nnnn1I. The topological polar surface area (TPSA) is 43.6 Å². The van der Waals surface area contributed by atoms with E-state index in [0.29, 0.717) is 12.2 Å². The summed E-state index contributed by atoms with van der Waals surface area (Å²) >= 11 is 1.96. The van der Waals surface area contributed by atoms with E-state index in [1.165, 1.54) is 2.90 Å². The van der Waals surface area contributed by atoms with Crippen molar-refractivity contribution in [3.05, 3.63) is 5.82 Å². The van der Waals surface area contributed by atoms with Crippen molar-refractivity contribution in [1.82, 2.24) is 18.4 Å². The van der Waals surface area contributed by atoms with E-state index >= 15 is 0 Å². The minimum absolute atomic E-state index is 0.482. The van der Waals surface area contributed by atoms with Crippen LogP contribution >= 0.6 is 22.9 Å². The lowest BCUT2D eigenvalue weighted by molar-refractivity contribution is 0.869. The highest BCUT2D eigenvalue weighted by molar-refractivity contribution is 14.1. The number of tetrazole rings is 1. The molecule has 46 valence electrons. The Kier molecular flexibility index (Phi) is 2.00. The van der Waals surface area contributed by atoms with Crippen molar-refractivity contribution in [2.75, 3.05) is 0 Å². The van der Waals surface area contributed by atoms with Gasteiger partial charge in [0.15, 0.2) is 5.82 Å². The van der Waals surface area contributed by atoms with E-state index in [9.17, 15) is 0 Å². The predicted molar refractivity (Wildman–Crippen MR) is 39.8 cm³/mol. The van der Waals surface area contributed by atoms with Gasteiger partial charge in [0.1, 0.15) is 0 Å². The standard InChI is InChI=1S/C4H3IN4/c1-2-3-4-6-7-8-9(4)5/h1H,3H2. The molecule has 0 fully saturated rings. The van der Waals surface area contributed by atoms with Crippen LogP contribution in [0.25, 0.3) is 0 Å². The predicted octanol–water partition coefficient (Wildman–Crippen LogP) is 0.0469. The molecule has 0 amide bonds. The maximum Gasteiger partial charge on any atom is 0.174 e. The van der Waals surface area contributed by atoms with Gasteiger partial charge in [-0.2, -0.15) is 2.90 Å². The molecule has 5 heteroatoms. The van der Waals surface area contributed by atoms with Crippen LogP contribution in [-0.2, 0) is 6.42 Å². The van der Waals surface area contributed by atoms with Gasteiger partial charge in [0.05, 0.1) is 29.3 Å². The second-order valence-electron chi connectivity index (χ2n) is 1.34. The average molecular weight is 234 g/mol. The van der Waals surface area contributed by atoms with Crippen LogP contribution in [0.2, 0.25) is 0 Å². The van der Waals surface area contributed by atoms with Gasteiger partial charge in [0.2, 0.25) is 0 Å². The molecule has 0 radical (unpaired) electrons. The summed E-state index contributed by atoms with van der Waals surface area (Å²) in [5.41, 5.74) is 0. The highest BCUT2D eigenvalue weighted by atomic mass is 127. The molecule has 0 aliphatic heterocycles. The minimum Gasteiger partial charge on any atom is -0.167 e. The molecule has 1 rings (SSSR count). The lowest BCUT2D eigenvalue weighted by Gasteiger charge is -1.84. The van der Waals surface area contributed by atoms with E-state index in [0.717, 1.165) is 0 Å². The quantitative estimate of drug-likeness (QED) is 0.509. The molecule has 9 heavy (non-hydrogen) atoms. The third-order valence-electron chi connectivity index (χ3n) is 0.752. The summed E-state index contributed by atoms with van der Waals surface area (Å²) < 4.78 is 1.53. The Bertz CT molecular complexity index is 235. The molecule has 0 unspecified atom stereocenters. The molecule has 0 N–H and O–H groups in total. The molecule has 0 atom stereocenters. The molecule has 4 nitrogen and oxygen atoms in total. The van der Waals surface area contributed by atoms with Crippen LogP contribution in [0.15, 0.2) is 0 Å². The van der Waals surface area contributed by atoms with E-state index in [1.807, 2.05) is 22.9 Å². The molecular weight excluding hydrogens is 231 g/mol. The number of halogens is 1. The van der Waals surface area contributed by atoms with Crippen LogP contribution < -0.4 is 0 Å². The molecule has 1 aromatic heterocycles. The molecule has 1 aromatic rings. The highest BCUT2D eigenvalue weighted by Gasteiger charge is 1.97. The average Bonchev–Trinajstić information content (AvgIpc) is 2.18. The van der Waals surface area contributed by atoms with E-state index < -0.39 is 0 Å². The Morgan fingerprint density at radius 1 is 1.78 bits per heavy atom. The molecule has 0 bridgehead atoms. The Balaban J connectivity index is 2.84. The van der Waals surface area contributed by atoms with Gasteiger partial charge in [-0.05, 0) is 10.4 Å². The molecule has 0 saturated carbocycles. The van der Waals surface area contributed by atoms with Crippen molar-refractivity contribution in [2.45, 2.75) is 6.42 Å². The van der Waals surface area contributed by atoms with Gasteiger partial charge >= 0.3 is 0 Å². The normalized spacial score (nSPS) is 8.89. The summed E-state index contributed by atoms with van der Waals surface area (Å²) in [4.78, 5) is 0. The van der Waals surface area contributed by atoms with Gasteiger partial charge in [-0.1, -0.05) is 5.92 Å². The first kappa shape index (κ1) is 6.48. The minimum atomic E-state index is 0.482. The van der Waals surface area contributed by atoms with Crippen molar-refractivity contribution in [2.24, 2.45) is 0 Å². The van der Waals surface area contributed by atoms with Gasteiger partial charge in [0, 0.05) is 0 Å². The zero-order valence-corrected chi connectivity index (χ0v) is 6.61. The van der Waals surface area contributed by atoms with Crippen LogP contribution in [0.1, 0.15) is 5.82 Å². The van der Waals surface area contributed by atoms with Gasteiger partial charge in [-0.3, -0.25) is 0 Å². The third kappa shape index (κ3) is 1.38. The van der Waals surface area contributed by atoms with Crippen molar-refractivity contribution in [3.63, 3.8) is 0 Å². The first-order valence-corrected chi connectivity index (χ1v) is 3.18. The van der Waals surface area contributed by atoms with Crippen LogP contribution in [0.4, 0.5) is 0 Å². The van der Waals surface area contributed by atoms with E-state index in [-0.39, 0.29) is 0 Å². The van der Waals surface area contributed by atoms with Crippen molar-refractivity contribution in [1.29, 1.82) is 0 Å². The Hall–Kier alpha value is -0.640. The fourth-order valence-corrected chi connectivity index (χ4v) is 0.740. The highest BCUT2D eigenvalue weighted by Crippen LogP contribution is 1.95. The number of rotatable bonds is 1. The summed E-state index contributed by atoms with van der Waals surface area (Å²) in [6.45, 7) is 0. The van der Waals surface area contributed by atoms with Crippen LogP contribution in [-0.4, -0.2) is 18.4 Å². The van der Waals surface area contributed by atoms with Gasteiger partial charge in [-0.15, -0.1) is 11.5 Å². The summed E-state index contributed by atoms with van der Waals surface area (Å²) in [6, 6.07) is 0. The Morgan fingerprint density at radius 2 is 2.56 bits per heavy atom. The van der Waals surface area contributed by atoms with Gasteiger partial charge in [0.25, 0.3) is 0 Å². The first-order valence-electron chi connectivity index (χ1n) is 2.21. The van der Waals surface area contributed by atoms with Crippen molar-refractivity contribution >= 4 is 22.9 Å². The second kappa shape index (κ2) is 2.77. The summed E-state index contributed by atoms with van der Waals surface area (Å²) in [5, 5.41) is 10.6. The van der Waals surface area contributed by atoms with Gasteiger partial charge in [-0.25, -0.2) is 0 Å². The molecular formula is C4H3IN4.